The van der Waals surface area contributed by atoms with E-state index in [9.17, 15) is 10.2 Å². The summed E-state index contributed by atoms with van der Waals surface area (Å²) in [6, 6.07) is 15.0. The smallest absolute Gasteiger partial charge is 0.115 e. The molecule has 0 fully saturated rings. The van der Waals surface area contributed by atoms with Crippen LogP contribution >= 0.6 is 0 Å². The monoisotopic (exact) mass is 270 g/mol. The summed E-state index contributed by atoms with van der Waals surface area (Å²) in [5, 5.41) is 18.9. The van der Waals surface area contributed by atoms with Gasteiger partial charge in [-0.05, 0) is 60.1 Å². The standard InChI is InChI=1S/C18H22O2/c1-3-17(13-5-9-15(19)10-6-13)18(4-2)14-7-11-16(20)12-8-14/h5-12,17-20H,3-4H2,1-2H3/t17-,18-/m0/s1. The van der Waals surface area contributed by atoms with Gasteiger partial charge in [0.1, 0.15) is 11.5 Å². The van der Waals surface area contributed by atoms with Crippen molar-refractivity contribution >= 4 is 0 Å². The number of hydrogen-bond donors (Lipinski definition) is 2. The summed E-state index contributed by atoms with van der Waals surface area (Å²) in [7, 11) is 0. The van der Waals surface area contributed by atoms with Crippen LogP contribution in [0.15, 0.2) is 48.5 Å². The fourth-order valence-corrected chi connectivity index (χ4v) is 2.95. The molecule has 0 heterocycles. The topological polar surface area (TPSA) is 40.5 Å². The number of phenols is 2. The van der Waals surface area contributed by atoms with Crippen LogP contribution in [0.25, 0.3) is 0 Å². The highest BCUT2D eigenvalue weighted by Crippen LogP contribution is 2.38. The highest BCUT2D eigenvalue weighted by atomic mass is 16.3. The molecule has 0 amide bonds. The maximum atomic E-state index is 9.43. The molecule has 0 aromatic heterocycles. The number of hydrogen-bond acceptors (Lipinski definition) is 2. The fraction of sp³-hybridized carbons (Fsp3) is 0.333. The molecule has 0 saturated carbocycles. The molecule has 2 heteroatoms. The average molecular weight is 270 g/mol. The van der Waals surface area contributed by atoms with Crippen LogP contribution in [0.4, 0.5) is 0 Å². The number of aromatic hydroxyl groups is 2. The number of benzene rings is 2. The summed E-state index contributed by atoms with van der Waals surface area (Å²) in [4.78, 5) is 0. The first-order valence-electron chi connectivity index (χ1n) is 7.23. The van der Waals surface area contributed by atoms with Gasteiger partial charge in [-0.2, -0.15) is 0 Å². The second kappa shape index (κ2) is 6.47. The lowest BCUT2D eigenvalue weighted by Gasteiger charge is -2.26. The third-order valence-corrected chi connectivity index (χ3v) is 4.01. The van der Waals surface area contributed by atoms with Gasteiger partial charge in [0.15, 0.2) is 0 Å². The molecular formula is C18H22O2. The lowest BCUT2D eigenvalue weighted by molar-refractivity contribution is 0.470. The summed E-state index contributed by atoms with van der Waals surface area (Å²) < 4.78 is 0. The van der Waals surface area contributed by atoms with Crippen molar-refractivity contribution in [3.8, 4) is 11.5 Å². The molecule has 0 saturated heterocycles. The molecule has 106 valence electrons. The third-order valence-electron chi connectivity index (χ3n) is 4.01. The first kappa shape index (κ1) is 14.4. The van der Waals surface area contributed by atoms with E-state index in [1.807, 2.05) is 24.3 Å². The zero-order chi connectivity index (χ0) is 14.5. The van der Waals surface area contributed by atoms with Crippen molar-refractivity contribution in [3.63, 3.8) is 0 Å². The van der Waals surface area contributed by atoms with Crippen LogP contribution in [0, 0.1) is 0 Å². The molecule has 2 atom stereocenters. The largest absolute Gasteiger partial charge is 0.508 e. The Balaban J connectivity index is 2.32. The zero-order valence-corrected chi connectivity index (χ0v) is 12.1. The normalized spacial score (nSPS) is 13.9. The number of rotatable bonds is 5. The van der Waals surface area contributed by atoms with E-state index in [4.69, 9.17) is 0 Å². The van der Waals surface area contributed by atoms with E-state index in [0.717, 1.165) is 12.8 Å². The van der Waals surface area contributed by atoms with Crippen molar-refractivity contribution < 1.29 is 10.2 Å². The van der Waals surface area contributed by atoms with E-state index < -0.39 is 0 Å². The minimum Gasteiger partial charge on any atom is -0.508 e. The lowest BCUT2D eigenvalue weighted by Crippen LogP contribution is -2.10. The second-order valence-corrected chi connectivity index (χ2v) is 5.21. The van der Waals surface area contributed by atoms with Crippen LogP contribution in [-0.4, -0.2) is 10.2 Å². The highest BCUT2D eigenvalue weighted by molar-refractivity contribution is 5.34. The Hall–Kier alpha value is -1.96. The van der Waals surface area contributed by atoms with E-state index in [0.29, 0.717) is 23.3 Å². The molecule has 0 spiro atoms. The van der Waals surface area contributed by atoms with Crippen LogP contribution in [-0.2, 0) is 0 Å². The second-order valence-electron chi connectivity index (χ2n) is 5.21. The van der Waals surface area contributed by atoms with Crippen LogP contribution in [0.1, 0.15) is 49.7 Å². The SMILES string of the molecule is CC[C@@H](c1ccc(O)cc1)[C@@H](CC)c1ccc(O)cc1. The molecule has 20 heavy (non-hydrogen) atoms. The molecule has 0 aliphatic carbocycles. The molecule has 2 rings (SSSR count). The van der Waals surface area contributed by atoms with Crippen LogP contribution in [0.2, 0.25) is 0 Å². The van der Waals surface area contributed by atoms with Gasteiger partial charge in [0.2, 0.25) is 0 Å². The minimum absolute atomic E-state index is 0.307. The van der Waals surface area contributed by atoms with Crippen LogP contribution in [0.3, 0.4) is 0 Å². The van der Waals surface area contributed by atoms with Crippen LogP contribution < -0.4 is 0 Å². The summed E-state index contributed by atoms with van der Waals surface area (Å²) in [6.07, 6.45) is 2.09. The maximum absolute atomic E-state index is 9.43. The fourth-order valence-electron chi connectivity index (χ4n) is 2.95. The van der Waals surface area contributed by atoms with E-state index >= 15 is 0 Å². The van der Waals surface area contributed by atoms with Crippen LogP contribution in [0.5, 0.6) is 11.5 Å². The van der Waals surface area contributed by atoms with E-state index in [1.54, 1.807) is 24.3 Å². The molecule has 0 aliphatic heterocycles. The predicted octanol–water partition coefficient (Wildman–Crippen LogP) is 4.79. The highest BCUT2D eigenvalue weighted by Gasteiger charge is 2.21. The van der Waals surface area contributed by atoms with Crippen molar-refractivity contribution in [2.24, 2.45) is 0 Å². The van der Waals surface area contributed by atoms with Crippen molar-refractivity contribution in [2.75, 3.05) is 0 Å². The summed E-state index contributed by atoms with van der Waals surface area (Å²) in [5.74, 6) is 1.46. The van der Waals surface area contributed by atoms with Gasteiger partial charge in [0, 0.05) is 0 Å². The molecule has 0 radical (unpaired) electrons. The summed E-state index contributed by atoms with van der Waals surface area (Å²) >= 11 is 0. The lowest BCUT2D eigenvalue weighted by atomic mass is 9.78. The molecule has 2 nitrogen and oxygen atoms in total. The van der Waals surface area contributed by atoms with Gasteiger partial charge in [-0.3, -0.25) is 0 Å². The van der Waals surface area contributed by atoms with Crippen molar-refractivity contribution in [2.45, 2.75) is 38.5 Å². The van der Waals surface area contributed by atoms with E-state index in [2.05, 4.69) is 13.8 Å². The Kier molecular flexibility index (Phi) is 4.67. The summed E-state index contributed by atoms with van der Waals surface area (Å²) in [5.41, 5.74) is 2.51. The van der Waals surface area contributed by atoms with E-state index in [-0.39, 0.29) is 0 Å². The Morgan fingerprint density at radius 3 is 1.20 bits per heavy atom. The predicted molar refractivity (Wildman–Crippen MR) is 82.3 cm³/mol. The first-order valence-corrected chi connectivity index (χ1v) is 7.23. The Morgan fingerprint density at radius 1 is 0.650 bits per heavy atom. The molecule has 2 aromatic carbocycles. The van der Waals surface area contributed by atoms with Gasteiger partial charge in [0.25, 0.3) is 0 Å². The van der Waals surface area contributed by atoms with E-state index in [1.165, 1.54) is 11.1 Å². The third kappa shape index (κ3) is 3.13. The van der Waals surface area contributed by atoms with Gasteiger partial charge in [-0.15, -0.1) is 0 Å². The number of phenolic OH excluding ortho intramolecular Hbond substituents is 2. The van der Waals surface area contributed by atoms with Gasteiger partial charge >= 0.3 is 0 Å². The minimum atomic E-state index is 0.307. The maximum Gasteiger partial charge on any atom is 0.115 e. The van der Waals surface area contributed by atoms with Crippen molar-refractivity contribution in [1.82, 2.24) is 0 Å². The molecule has 2 aromatic rings. The van der Waals surface area contributed by atoms with Crippen molar-refractivity contribution in [3.05, 3.63) is 59.7 Å². The zero-order valence-electron chi connectivity index (χ0n) is 12.1. The summed E-state index contributed by atoms with van der Waals surface area (Å²) in [6.45, 7) is 4.39. The Morgan fingerprint density at radius 2 is 0.950 bits per heavy atom. The van der Waals surface area contributed by atoms with Gasteiger partial charge in [-0.1, -0.05) is 38.1 Å². The van der Waals surface area contributed by atoms with Gasteiger partial charge in [-0.25, -0.2) is 0 Å². The Bertz CT molecular complexity index is 477. The first-order chi connectivity index (χ1) is 9.65. The van der Waals surface area contributed by atoms with Gasteiger partial charge in [0.05, 0.1) is 0 Å². The average Bonchev–Trinajstić information content (AvgIpc) is 2.47. The molecular weight excluding hydrogens is 248 g/mol. The quantitative estimate of drug-likeness (QED) is 0.820. The van der Waals surface area contributed by atoms with Gasteiger partial charge < -0.3 is 10.2 Å². The molecule has 0 aliphatic rings. The van der Waals surface area contributed by atoms with Crippen molar-refractivity contribution in [1.29, 1.82) is 0 Å². The molecule has 0 unspecified atom stereocenters. The Labute approximate surface area is 120 Å². The molecule has 2 N–H and O–H groups in total. The molecule has 0 bridgehead atoms.